The largest absolute Gasteiger partial charge is 0.366 e. The average Bonchev–Trinajstić information content (AvgIpc) is 2.99. The number of likely N-dealkylation sites (tertiary alicyclic amines) is 1. The molecule has 4 rings (SSSR count). The van der Waals surface area contributed by atoms with E-state index in [4.69, 9.17) is 11.6 Å². The molecular formula is C23H23ClFN3O2. The van der Waals surface area contributed by atoms with E-state index in [0.717, 1.165) is 30.8 Å². The van der Waals surface area contributed by atoms with E-state index in [9.17, 15) is 14.0 Å². The number of rotatable bonds is 4. The Balaban J connectivity index is 1.80. The first-order chi connectivity index (χ1) is 14.4. The van der Waals surface area contributed by atoms with Crippen molar-refractivity contribution in [1.82, 2.24) is 9.80 Å². The summed E-state index contributed by atoms with van der Waals surface area (Å²) in [5, 5.41) is 0.320. The fourth-order valence-electron chi connectivity index (χ4n) is 4.14. The second-order valence-corrected chi connectivity index (χ2v) is 8.18. The number of piperidine rings is 1. The number of benzene rings is 2. The van der Waals surface area contributed by atoms with Gasteiger partial charge in [0.25, 0.3) is 11.8 Å². The number of carbonyl (C=O) groups excluding carboxylic acids is 2. The molecule has 30 heavy (non-hydrogen) atoms. The van der Waals surface area contributed by atoms with Crippen molar-refractivity contribution in [1.29, 1.82) is 0 Å². The van der Waals surface area contributed by atoms with E-state index in [-0.39, 0.29) is 11.6 Å². The molecule has 2 aromatic rings. The Morgan fingerprint density at radius 3 is 2.27 bits per heavy atom. The third-order valence-corrected chi connectivity index (χ3v) is 6.19. The van der Waals surface area contributed by atoms with Crippen LogP contribution in [0.15, 0.2) is 54.2 Å². The van der Waals surface area contributed by atoms with Gasteiger partial charge in [0, 0.05) is 13.1 Å². The number of hydrogen-bond acceptors (Lipinski definition) is 4. The van der Waals surface area contributed by atoms with Crippen LogP contribution in [0.5, 0.6) is 0 Å². The Morgan fingerprint density at radius 2 is 1.63 bits per heavy atom. The third kappa shape index (κ3) is 3.61. The van der Waals surface area contributed by atoms with Gasteiger partial charge in [0.15, 0.2) is 0 Å². The molecule has 2 aliphatic heterocycles. The summed E-state index contributed by atoms with van der Waals surface area (Å²) in [6.07, 6.45) is 1.78. The Kier molecular flexibility index (Phi) is 5.62. The van der Waals surface area contributed by atoms with Crippen molar-refractivity contribution >= 4 is 34.7 Å². The van der Waals surface area contributed by atoms with Crippen LogP contribution in [-0.4, -0.2) is 54.8 Å². The Hall–Kier alpha value is -2.70. The minimum atomic E-state index is -0.450. The maximum absolute atomic E-state index is 13.5. The second kappa shape index (κ2) is 8.20. The van der Waals surface area contributed by atoms with Gasteiger partial charge in [-0.2, -0.15) is 0 Å². The molecule has 0 N–H and O–H groups in total. The fraction of sp³-hybridized carbons (Fsp3) is 0.304. The average molecular weight is 428 g/mol. The molecule has 0 spiro atoms. The third-order valence-electron chi connectivity index (χ3n) is 5.87. The summed E-state index contributed by atoms with van der Waals surface area (Å²) in [5.41, 5.74) is 1.47. The summed E-state index contributed by atoms with van der Waals surface area (Å²) < 4.78 is 13.5. The summed E-state index contributed by atoms with van der Waals surface area (Å²) >= 11 is 6.31. The highest BCUT2D eigenvalue weighted by atomic mass is 35.5. The number of para-hydroxylation sites is 1. The van der Waals surface area contributed by atoms with Crippen LogP contribution in [0.3, 0.4) is 0 Å². The number of halogens is 2. The predicted molar refractivity (Wildman–Crippen MR) is 116 cm³/mol. The van der Waals surface area contributed by atoms with Gasteiger partial charge in [-0.25, -0.2) is 9.29 Å². The minimum absolute atomic E-state index is 0.134. The number of nitrogens with zero attached hydrogens (tertiary/aromatic N) is 3. The SMILES string of the molecule is CN1CCC(N(C)C2=C(c3ccc(F)cc3)C(=O)N(c3ccccc3Cl)C2=O)CC1. The summed E-state index contributed by atoms with van der Waals surface area (Å²) in [6.45, 7) is 1.84. The van der Waals surface area contributed by atoms with Crippen LogP contribution in [0, 0.1) is 5.82 Å². The molecule has 2 heterocycles. The lowest BCUT2D eigenvalue weighted by atomic mass is 10.00. The van der Waals surface area contributed by atoms with Crippen molar-refractivity contribution in [2.75, 3.05) is 32.1 Å². The summed E-state index contributed by atoms with van der Waals surface area (Å²) in [5.74, 6) is -1.26. The lowest BCUT2D eigenvalue weighted by molar-refractivity contribution is -0.120. The van der Waals surface area contributed by atoms with Crippen LogP contribution in [-0.2, 0) is 9.59 Å². The summed E-state index contributed by atoms with van der Waals surface area (Å²) in [7, 11) is 3.93. The molecule has 1 fully saturated rings. The van der Waals surface area contributed by atoms with Gasteiger partial charge in [-0.3, -0.25) is 9.59 Å². The Bertz CT molecular complexity index is 1010. The van der Waals surface area contributed by atoms with E-state index in [1.54, 1.807) is 24.3 Å². The number of amides is 2. The van der Waals surface area contributed by atoms with Gasteiger partial charge in [-0.1, -0.05) is 35.9 Å². The van der Waals surface area contributed by atoms with Crippen molar-refractivity contribution in [3.63, 3.8) is 0 Å². The van der Waals surface area contributed by atoms with E-state index >= 15 is 0 Å². The molecule has 0 saturated carbocycles. The van der Waals surface area contributed by atoms with Crippen molar-refractivity contribution in [3.05, 3.63) is 70.6 Å². The maximum Gasteiger partial charge on any atom is 0.282 e. The molecule has 0 atom stereocenters. The van der Waals surface area contributed by atoms with Gasteiger partial charge < -0.3 is 9.80 Å². The van der Waals surface area contributed by atoms with Crippen LogP contribution in [0.2, 0.25) is 5.02 Å². The molecule has 0 aromatic heterocycles. The molecule has 5 nitrogen and oxygen atoms in total. The van der Waals surface area contributed by atoms with Crippen molar-refractivity contribution in [2.45, 2.75) is 18.9 Å². The van der Waals surface area contributed by atoms with Gasteiger partial charge in [0.05, 0.1) is 16.3 Å². The number of anilines is 1. The molecule has 1 saturated heterocycles. The molecule has 0 unspecified atom stereocenters. The van der Waals surface area contributed by atoms with Crippen LogP contribution in [0.4, 0.5) is 10.1 Å². The zero-order valence-electron chi connectivity index (χ0n) is 16.9. The monoisotopic (exact) mass is 427 g/mol. The number of imide groups is 1. The van der Waals surface area contributed by atoms with Crippen LogP contribution >= 0.6 is 11.6 Å². The zero-order chi connectivity index (χ0) is 21.4. The van der Waals surface area contributed by atoms with Crippen LogP contribution in [0.1, 0.15) is 18.4 Å². The quantitative estimate of drug-likeness (QED) is 0.696. The molecule has 0 radical (unpaired) electrons. The summed E-state index contributed by atoms with van der Waals surface area (Å²) in [4.78, 5) is 32.3. The van der Waals surface area contributed by atoms with E-state index in [1.165, 1.54) is 24.3 Å². The highest BCUT2D eigenvalue weighted by Gasteiger charge is 2.43. The highest BCUT2D eigenvalue weighted by Crippen LogP contribution is 2.38. The fourth-order valence-corrected chi connectivity index (χ4v) is 4.36. The first kappa shape index (κ1) is 20.6. The first-order valence-electron chi connectivity index (χ1n) is 9.93. The molecule has 2 aromatic carbocycles. The smallest absolute Gasteiger partial charge is 0.282 e. The van der Waals surface area contributed by atoms with Gasteiger partial charge in [-0.15, -0.1) is 0 Å². The van der Waals surface area contributed by atoms with Gasteiger partial charge in [0.2, 0.25) is 0 Å². The van der Waals surface area contributed by atoms with Gasteiger partial charge in [0.1, 0.15) is 11.5 Å². The molecule has 2 amide bonds. The Morgan fingerprint density at radius 1 is 1.00 bits per heavy atom. The lowest BCUT2D eigenvalue weighted by Crippen LogP contribution is -2.43. The zero-order valence-corrected chi connectivity index (χ0v) is 17.7. The molecule has 0 bridgehead atoms. The minimum Gasteiger partial charge on any atom is -0.366 e. The van der Waals surface area contributed by atoms with Crippen molar-refractivity contribution < 1.29 is 14.0 Å². The van der Waals surface area contributed by atoms with Crippen LogP contribution in [0.25, 0.3) is 5.57 Å². The number of carbonyl (C=O) groups is 2. The topological polar surface area (TPSA) is 43.9 Å². The predicted octanol–water partition coefficient (Wildman–Crippen LogP) is 3.79. The molecular weight excluding hydrogens is 405 g/mol. The van der Waals surface area contributed by atoms with E-state index in [1.807, 2.05) is 11.9 Å². The number of likely N-dealkylation sites (N-methyl/N-ethyl adjacent to an activating group) is 1. The van der Waals surface area contributed by atoms with Gasteiger partial charge >= 0.3 is 0 Å². The van der Waals surface area contributed by atoms with Gasteiger partial charge in [-0.05, 0) is 62.8 Å². The normalized spacial score (nSPS) is 18.5. The van der Waals surface area contributed by atoms with E-state index in [2.05, 4.69) is 11.9 Å². The lowest BCUT2D eigenvalue weighted by Gasteiger charge is -2.36. The highest BCUT2D eigenvalue weighted by molar-refractivity contribution is 6.47. The second-order valence-electron chi connectivity index (χ2n) is 7.77. The Labute approximate surface area is 180 Å². The standard InChI is InChI=1S/C23H23ClFN3O2/c1-26-13-11-17(12-14-26)27(2)21-20(15-7-9-16(25)10-8-15)22(29)28(23(21)30)19-6-4-3-5-18(19)24/h3-10,17H,11-14H2,1-2H3. The van der Waals surface area contributed by atoms with Crippen molar-refractivity contribution in [2.24, 2.45) is 0 Å². The summed E-state index contributed by atoms with van der Waals surface area (Å²) in [6, 6.07) is 12.6. The maximum atomic E-state index is 13.5. The van der Waals surface area contributed by atoms with E-state index in [0.29, 0.717) is 22.0 Å². The molecule has 2 aliphatic rings. The van der Waals surface area contributed by atoms with Crippen LogP contribution < -0.4 is 4.90 Å². The molecule has 156 valence electrons. The molecule has 7 heteroatoms. The molecule has 0 aliphatic carbocycles. The van der Waals surface area contributed by atoms with Crippen molar-refractivity contribution in [3.8, 4) is 0 Å². The first-order valence-corrected chi connectivity index (χ1v) is 10.3. The number of hydrogen-bond donors (Lipinski definition) is 0. The van der Waals surface area contributed by atoms with E-state index < -0.39 is 17.6 Å².